The fourth-order valence-corrected chi connectivity index (χ4v) is 2.59. The lowest BCUT2D eigenvalue weighted by Gasteiger charge is -2.07. The van der Waals surface area contributed by atoms with E-state index in [1.165, 1.54) is 0 Å². The van der Waals surface area contributed by atoms with E-state index in [9.17, 15) is 13.6 Å². The normalized spacial score (nSPS) is 10.4. The zero-order valence-corrected chi connectivity index (χ0v) is 13.1. The van der Waals surface area contributed by atoms with Crippen molar-refractivity contribution in [1.29, 1.82) is 0 Å². The van der Waals surface area contributed by atoms with Crippen molar-refractivity contribution in [3.8, 4) is 0 Å². The van der Waals surface area contributed by atoms with E-state index in [0.717, 1.165) is 28.4 Å². The number of hydrogen-bond donors (Lipinski definition) is 2. The van der Waals surface area contributed by atoms with Crippen molar-refractivity contribution in [1.82, 2.24) is 0 Å². The van der Waals surface area contributed by atoms with Crippen molar-refractivity contribution >= 4 is 45.0 Å². The van der Waals surface area contributed by atoms with Gasteiger partial charge in [0.05, 0.1) is 10.6 Å². The van der Waals surface area contributed by atoms with Crippen molar-refractivity contribution in [2.75, 3.05) is 16.8 Å². The predicted molar refractivity (Wildman–Crippen MR) is 84.3 cm³/mol. The van der Waals surface area contributed by atoms with Gasteiger partial charge in [-0.25, -0.2) is 8.78 Å². The maximum Gasteiger partial charge on any atom is 0.234 e. The Bertz CT molecular complexity index is 642. The van der Waals surface area contributed by atoms with Crippen LogP contribution in [0.2, 0.25) is 0 Å². The monoisotopic (exact) mass is 372 g/mol. The molecule has 2 aromatic carbocycles. The molecule has 0 heterocycles. The minimum Gasteiger partial charge on any atom is -0.399 e. The number of rotatable bonds is 4. The van der Waals surface area contributed by atoms with E-state index in [1.807, 2.05) is 0 Å². The third-order valence-electron chi connectivity index (χ3n) is 2.50. The van der Waals surface area contributed by atoms with Crippen LogP contribution >= 0.6 is 27.7 Å². The van der Waals surface area contributed by atoms with Crippen LogP contribution in [0.1, 0.15) is 0 Å². The molecule has 21 heavy (non-hydrogen) atoms. The number of anilines is 2. The van der Waals surface area contributed by atoms with E-state index in [-0.39, 0.29) is 22.2 Å². The van der Waals surface area contributed by atoms with Crippen LogP contribution in [-0.2, 0) is 4.79 Å². The average molecular weight is 373 g/mol. The maximum atomic E-state index is 13.6. The van der Waals surface area contributed by atoms with Crippen LogP contribution in [0.15, 0.2) is 45.8 Å². The summed E-state index contributed by atoms with van der Waals surface area (Å²) < 4.78 is 28.0. The molecule has 0 unspecified atom stereocenters. The number of amides is 1. The van der Waals surface area contributed by atoms with Crippen LogP contribution in [0.4, 0.5) is 20.2 Å². The van der Waals surface area contributed by atoms with Gasteiger partial charge in [0, 0.05) is 15.8 Å². The molecule has 110 valence electrons. The Morgan fingerprint density at radius 2 is 1.76 bits per heavy atom. The minimum atomic E-state index is -0.769. The number of nitrogens with two attached hydrogens (primary N) is 1. The minimum absolute atomic E-state index is 0.00802. The maximum absolute atomic E-state index is 13.6. The highest BCUT2D eigenvalue weighted by Crippen LogP contribution is 2.27. The standard InChI is InChI=1S/C14H11BrF2N2OS/c15-8-1-3-10(4-2-8)19-13(20)7-21-14-11(16)5-9(18)6-12(14)17/h1-6H,7,18H2,(H,19,20). The van der Waals surface area contributed by atoms with Gasteiger partial charge in [0.1, 0.15) is 11.6 Å². The highest BCUT2D eigenvalue weighted by Gasteiger charge is 2.13. The van der Waals surface area contributed by atoms with Gasteiger partial charge in [-0.3, -0.25) is 4.79 Å². The lowest BCUT2D eigenvalue weighted by atomic mass is 10.3. The van der Waals surface area contributed by atoms with Gasteiger partial charge in [0.15, 0.2) is 0 Å². The molecule has 0 saturated carbocycles. The summed E-state index contributed by atoms with van der Waals surface area (Å²) in [6.45, 7) is 0. The van der Waals surface area contributed by atoms with Crippen molar-refractivity contribution in [2.45, 2.75) is 4.90 Å². The molecule has 2 rings (SSSR count). The number of benzene rings is 2. The molecule has 0 fully saturated rings. The summed E-state index contributed by atoms with van der Waals surface area (Å²) in [5.41, 5.74) is 5.95. The lowest BCUT2D eigenvalue weighted by molar-refractivity contribution is -0.113. The summed E-state index contributed by atoms with van der Waals surface area (Å²) in [6, 6.07) is 9.05. The SMILES string of the molecule is Nc1cc(F)c(SCC(=O)Nc2ccc(Br)cc2)c(F)c1. The van der Waals surface area contributed by atoms with Crippen LogP contribution in [0.3, 0.4) is 0 Å². The van der Waals surface area contributed by atoms with Gasteiger partial charge >= 0.3 is 0 Å². The zero-order valence-electron chi connectivity index (χ0n) is 10.7. The van der Waals surface area contributed by atoms with Crippen LogP contribution in [0, 0.1) is 11.6 Å². The number of thioether (sulfide) groups is 1. The molecule has 3 N–H and O–H groups in total. The van der Waals surface area contributed by atoms with E-state index in [0.29, 0.717) is 5.69 Å². The second-order valence-electron chi connectivity index (χ2n) is 4.16. The highest BCUT2D eigenvalue weighted by atomic mass is 79.9. The summed E-state index contributed by atoms with van der Waals surface area (Å²) in [5.74, 6) is -1.99. The van der Waals surface area contributed by atoms with Gasteiger partial charge in [0.2, 0.25) is 5.91 Å². The number of halogens is 3. The van der Waals surface area contributed by atoms with E-state index in [1.54, 1.807) is 24.3 Å². The summed E-state index contributed by atoms with van der Waals surface area (Å²) in [5, 5.41) is 2.64. The molecule has 0 aliphatic heterocycles. The summed E-state index contributed by atoms with van der Waals surface area (Å²) >= 11 is 4.07. The predicted octanol–water partition coefficient (Wildman–Crippen LogP) is 4.04. The average Bonchev–Trinajstić information content (AvgIpc) is 2.40. The van der Waals surface area contributed by atoms with Crippen LogP contribution in [0.5, 0.6) is 0 Å². The Kier molecular flexibility index (Phi) is 5.19. The smallest absolute Gasteiger partial charge is 0.234 e. The van der Waals surface area contributed by atoms with Crippen molar-refractivity contribution in [3.05, 3.63) is 52.5 Å². The fourth-order valence-electron chi connectivity index (χ4n) is 1.59. The molecule has 0 aliphatic carbocycles. The number of nitrogen functional groups attached to an aromatic ring is 1. The number of carbonyl (C=O) groups excluding carboxylic acids is 1. The number of carbonyl (C=O) groups is 1. The van der Waals surface area contributed by atoms with E-state index in [4.69, 9.17) is 5.73 Å². The molecule has 2 aromatic rings. The molecule has 0 saturated heterocycles. The van der Waals surface area contributed by atoms with Gasteiger partial charge in [-0.2, -0.15) is 0 Å². The molecular formula is C14H11BrF2N2OS. The zero-order chi connectivity index (χ0) is 15.4. The molecule has 0 atom stereocenters. The van der Waals surface area contributed by atoms with Gasteiger partial charge in [-0.05, 0) is 36.4 Å². The molecular weight excluding hydrogens is 362 g/mol. The molecule has 3 nitrogen and oxygen atoms in total. The first-order valence-electron chi connectivity index (χ1n) is 5.88. The van der Waals surface area contributed by atoms with Crippen LogP contribution in [-0.4, -0.2) is 11.7 Å². The molecule has 0 radical (unpaired) electrons. The second kappa shape index (κ2) is 6.91. The van der Waals surface area contributed by atoms with Gasteiger partial charge < -0.3 is 11.1 Å². The molecule has 1 amide bonds. The molecule has 7 heteroatoms. The van der Waals surface area contributed by atoms with E-state index >= 15 is 0 Å². The molecule has 0 spiro atoms. The summed E-state index contributed by atoms with van der Waals surface area (Å²) in [7, 11) is 0. The van der Waals surface area contributed by atoms with Crippen LogP contribution in [0.25, 0.3) is 0 Å². The fraction of sp³-hybridized carbons (Fsp3) is 0.0714. The highest BCUT2D eigenvalue weighted by molar-refractivity contribution is 9.10. The van der Waals surface area contributed by atoms with Gasteiger partial charge in [-0.15, -0.1) is 11.8 Å². The Morgan fingerprint density at radius 1 is 1.19 bits per heavy atom. The summed E-state index contributed by atoms with van der Waals surface area (Å²) in [6.07, 6.45) is 0. The van der Waals surface area contributed by atoms with Crippen molar-refractivity contribution in [2.24, 2.45) is 0 Å². The largest absolute Gasteiger partial charge is 0.399 e. The Hall–Kier alpha value is -1.60. The third kappa shape index (κ3) is 4.44. The first kappa shape index (κ1) is 15.8. The summed E-state index contributed by atoms with van der Waals surface area (Å²) in [4.78, 5) is 11.5. The third-order valence-corrected chi connectivity index (χ3v) is 4.11. The van der Waals surface area contributed by atoms with E-state index < -0.39 is 11.6 Å². The first-order valence-corrected chi connectivity index (χ1v) is 7.66. The Morgan fingerprint density at radius 3 is 2.33 bits per heavy atom. The topological polar surface area (TPSA) is 55.1 Å². The van der Waals surface area contributed by atoms with Crippen molar-refractivity contribution < 1.29 is 13.6 Å². The van der Waals surface area contributed by atoms with Gasteiger partial charge in [-0.1, -0.05) is 15.9 Å². The van der Waals surface area contributed by atoms with Crippen LogP contribution < -0.4 is 11.1 Å². The Balaban J connectivity index is 1.97. The molecule has 0 aromatic heterocycles. The molecule has 0 bridgehead atoms. The Labute approximate surface area is 133 Å². The number of hydrogen-bond acceptors (Lipinski definition) is 3. The van der Waals surface area contributed by atoms with E-state index in [2.05, 4.69) is 21.2 Å². The molecule has 0 aliphatic rings. The number of nitrogens with one attached hydrogen (secondary N) is 1. The quantitative estimate of drug-likeness (QED) is 0.628. The second-order valence-corrected chi connectivity index (χ2v) is 6.06. The van der Waals surface area contributed by atoms with Gasteiger partial charge in [0.25, 0.3) is 0 Å². The first-order chi connectivity index (χ1) is 9.95. The van der Waals surface area contributed by atoms with Crippen molar-refractivity contribution in [3.63, 3.8) is 0 Å². The lowest BCUT2D eigenvalue weighted by Crippen LogP contribution is -2.14.